The van der Waals surface area contributed by atoms with Crippen LogP contribution in [-0.4, -0.2) is 30.6 Å². The van der Waals surface area contributed by atoms with Gasteiger partial charge in [-0.05, 0) is 18.6 Å². The normalized spacial score (nSPS) is 11.8. The van der Waals surface area contributed by atoms with E-state index in [1.54, 1.807) is 7.11 Å². The van der Waals surface area contributed by atoms with Gasteiger partial charge in [0, 0.05) is 18.7 Å². The maximum absolute atomic E-state index is 12.0. The lowest BCUT2D eigenvalue weighted by atomic mass is 10.1. The molecule has 0 fully saturated rings. The van der Waals surface area contributed by atoms with Gasteiger partial charge in [0.1, 0.15) is 5.69 Å². The van der Waals surface area contributed by atoms with E-state index >= 15 is 0 Å². The number of nitro groups is 1. The fourth-order valence-electron chi connectivity index (χ4n) is 1.68. The maximum Gasteiger partial charge on any atom is 0.293 e. The van der Waals surface area contributed by atoms with Gasteiger partial charge in [0.25, 0.3) is 11.6 Å². The van der Waals surface area contributed by atoms with Crippen LogP contribution in [0.4, 0.5) is 11.4 Å². The molecule has 1 aromatic rings. The first-order chi connectivity index (χ1) is 9.53. The summed E-state index contributed by atoms with van der Waals surface area (Å²) in [4.78, 5) is 22.2. The van der Waals surface area contributed by atoms with Gasteiger partial charge in [0.2, 0.25) is 0 Å². The van der Waals surface area contributed by atoms with Gasteiger partial charge in [0.05, 0.1) is 17.6 Å². The van der Waals surface area contributed by atoms with Crippen molar-refractivity contribution in [1.29, 1.82) is 0 Å². The van der Waals surface area contributed by atoms with Gasteiger partial charge in [-0.3, -0.25) is 20.8 Å². The second kappa shape index (κ2) is 7.41. The molecule has 8 nitrogen and oxygen atoms in total. The molecule has 0 aliphatic heterocycles. The van der Waals surface area contributed by atoms with E-state index in [1.165, 1.54) is 18.2 Å². The van der Waals surface area contributed by atoms with E-state index < -0.39 is 4.92 Å². The third-order valence-electron chi connectivity index (χ3n) is 2.81. The highest BCUT2D eigenvalue weighted by Gasteiger charge is 2.17. The molecular weight excluding hydrogens is 264 g/mol. The number of carbonyl (C=O) groups excluding carboxylic acids is 1. The quantitative estimate of drug-likeness (QED) is 0.390. The summed E-state index contributed by atoms with van der Waals surface area (Å²) in [5, 5.41) is 13.5. The fourth-order valence-corrected chi connectivity index (χ4v) is 1.68. The topological polar surface area (TPSA) is 120 Å². The van der Waals surface area contributed by atoms with E-state index in [1.807, 2.05) is 6.92 Å². The van der Waals surface area contributed by atoms with E-state index in [-0.39, 0.29) is 28.9 Å². The van der Waals surface area contributed by atoms with Gasteiger partial charge < -0.3 is 15.5 Å². The number of ether oxygens (including phenoxy) is 1. The number of hydrogen-bond donors (Lipinski definition) is 3. The third kappa shape index (κ3) is 3.90. The van der Waals surface area contributed by atoms with Crippen molar-refractivity contribution in [2.75, 3.05) is 19.1 Å². The van der Waals surface area contributed by atoms with Crippen molar-refractivity contribution in [2.24, 2.45) is 5.84 Å². The van der Waals surface area contributed by atoms with Crippen molar-refractivity contribution < 1.29 is 14.5 Å². The first-order valence-corrected chi connectivity index (χ1v) is 6.08. The van der Waals surface area contributed by atoms with Crippen molar-refractivity contribution >= 4 is 17.3 Å². The molecule has 1 atom stereocenters. The zero-order chi connectivity index (χ0) is 15.1. The molecule has 1 rings (SSSR count). The van der Waals surface area contributed by atoms with Gasteiger partial charge in [0.15, 0.2) is 0 Å². The molecule has 110 valence electrons. The molecule has 20 heavy (non-hydrogen) atoms. The average molecular weight is 282 g/mol. The molecule has 1 aromatic carbocycles. The van der Waals surface area contributed by atoms with Crippen molar-refractivity contribution in [3.8, 4) is 0 Å². The van der Waals surface area contributed by atoms with Crippen LogP contribution in [0.25, 0.3) is 0 Å². The van der Waals surface area contributed by atoms with E-state index in [2.05, 4.69) is 10.7 Å². The van der Waals surface area contributed by atoms with Crippen molar-refractivity contribution in [3.63, 3.8) is 0 Å². The number of nitro benzene ring substituents is 1. The lowest BCUT2D eigenvalue weighted by Crippen LogP contribution is -2.37. The van der Waals surface area contributed by atoms with Crippen LogP contribution in [0.3, 0.4) is 0 Å². The summed E-state index contributed by atoms with van der Waals surface area (Å²) in [5.41, 5.74) is 2.41. The first-order valence-electron chi connectivity index (χ1n) is 6.08. The van der Waals surface area contributed by atoms with Crippen LogP contribution < -0.4 is 16.6 Å². The number of benzene rings is 1. The second-order valence-electron chi connectivity index (χ2n) is 4.17. The SMILES string of the molecule is CCC(COC)NC(=O)c1ccc([N+](=O)[O-])c(NN)c1. The lowest BCUT2D eigenvalue weighted by molar-refractivity contribution is -0.384. The van der Waals surface area contributed by atoms with E-state index in [4.69, 9.17) is 10.6 Å². The second-order valence-corrected chi connectivity index (χ2v) is 4.17. The fraction of sp³-hybridized carbons (Fsp3) is 0.417. The Labute approximate surface area is 116 Å². The minimum Gasteiger partial charge on any atom is -0.383 e. The molecule has 0 aromatic heterocycles. The Morgan fingerprint density at radius 1 is 1.55 bits per heavy atom. The number of nitrogen functional groups attached to an aromatic ring is 1. The van der Waals surface area contributed by atoms with Crippen LogP contribution in [0.15, 0.2) is 18.2 Å². The monoisotopic (exact) mass is 282 g/mol. The number of nitrogens with one attached hydrogen (secondary N) is 2. The summed E-state index contributed by atoms with van der Waals surface area (Å²) < 4.78 is 4.99. The Bertz CT molecular complexity index is 492. The Kier molecular flexibility index (Phi) is 5.88. The minimum atomic E-state index is -0.573. The van der Waals surface area contributed by atoms with Crippen LogP contribution in [0.5, 0.6) is 0 Å². The molecule has 1 unspecified atom stereocenters. The van der Waals surface area contributed by atoms with Gasteiger partial charge >= 0.3 is 0 Å². The van der Waals surface area contributed by atoms with Crippen LogP contribution in [0.1, 0.15) is 23.7 Å². The summed E-state index contributed by atoms with van der Waals surface area (Å²) in [5.74, 6) is 4.89. The number of nitrogens with zero attached hydrogens (tertiary/aromatic N) is 1. The summed E-state index contributed by atoms with van der Waals surface area (Å²) in [6, 6.07) is 3.85. The Balaban J connectivity index is 2.91. The zero-order valence-corrected chi connectivity index (χ0v) is 11.4. The summed E-state index contributed by atoms with van der Waals surface area (Å²) in [6.07, 6.45) is 0.717. The number of rotatable bonds is 7. The highest BCUT2D eigenvalue weighted by Crippen LogP contribution is 2.24. The number of anilines is 1. The van der Waals surface area contributed by atoms with E-state index in [0.29, 0.717) is 13.0 Å². The standard InChI is InChI=1S/C12H18N4O4/c1-3-9(7-20-2)14-12(17)8-4-5-11(16(18)19)10(6-8)15-13/h4-6,9,15H,3,7,13H2,1-2H3,(H,14,17). The van der Waals surface area contributed by atoms with Crippen LogP contribution in [0.2, 0.25) is 0 Å². The molecule has 8 heteroatoms. The molecule has 0 aliphatic carbocycles. The molecular formula is C12H18N4O4. The summed E-state index contributed by atoms with van der Waals surface area (Å²) in [6.45, 7) is 2.32. The molecule has 0 spiro atoms. The Morgan fingerprint density at radius 3 is 2.75 bits per heavy atom. The molecule has 0 bridgehead atoms. The Morgan fingerprint density at radius 2 is 2.25 bits per heavy atom. The van der Waals surface area contributed by atoms with Gasteiger partial charge in [-0.15, -0.1) is 0 Å². The Hall–Kier alpha value is -2.19. The van der Waals surface area contributed by atoms with Crippen molar-refractivity contribution in [3.05, 3.63) is 33.9 Å². The van der Waals surface area contributed by atoms with Gasteiger partial charge in [-0.1, -0.05) is 6.92 Å². The van der Waals surface area contributed by atoms with E-state index in [9.17, 15) is 14.9 Å². The highest BCUT2D eigenvalue weighted by molar-refractivity contribution is 5.96. The first kappa shape index (κ1) is 15.9. The number of amides is 1. The average Bonchev–Trinajstić information content (AvgIpc) is 2.45. The van der Waals surface area contributed by atoms with Crippen molar-refractivity contribution in [1.82, 2.24) is 5.32 Å². The number of hydrazine groups is 1. The minimum absolute atomic E-state index is 0.0856. The summed E-state index contributed by atoms with van der Waals surface area (Å²) >= 11 is 0. The molecule has 1 amide bonds. The number of methoxy groups -OCH3 is 1. The zero-order valence-electron chi connectivity index (χ0n) is 11.4. The lowest BCUT2D eigenvalue weighted by Gasteiger charge is -2.16. The van der Waals surface area contributed by atoms with Gasteiger partial charge in [-0.25, -0.2) is 0 Å². The predicted octanol–water partition coefficient (Wildman–Crippen LogP) is 1.04. The van der Waals surface area contributed by atoms with Crippen molar-refractivity contribution in [2.45, 2.75) is 19.4 Å². The largest absolute Gasteiger partial charge is 0.383 e. The molecule has 4 N–H and O–H groups in total. The van der Waals surface area contributed by atoms with Crippen LogP contribution >= 0.6 is 0 Å². The number of hydrogen-bond acceptors (Lipinski definition) is 6. The smallest absolute Gasteiger partial charge is 0.293 e. The molecule has 0 aliphatic rings. The summed E-state index contributed by atoms with van der Waals surface area (Å²) in [7, 11) is 1.55. The maximum atomic E-state index is 12.0. The molecule has 0 saturated carbocycles. The number of carbonyl (C=O) groups is 1. The van der Waals surface area contributed by atoms with E-state index in [0.717, 1.165) is 0 Å². The predicted molar refractivity (Wildman–Crippen MR) is 74.3 cm³/mol. The van der Waals surface area contributed by atoms with Crippen LogP contribution in [-0.2, 0) is 4.74 Å². The molecule has 0 radical (unpaired) electrons. The third-order valence-corrected chi connectivity index (χ3v) is 2.81. The molecule has 0 heterocycles. The van der Waals surface area contributed by atoms with Gasteiger partial charge in [-0.2, -0.15) is 0 Å². The highest BCUT2D eigenvalue weighted by atomic mass is 16.6. The number of nitrogens with two attached hydrogens (primary N) is 1. The molecule has 0 saturated heterocycles. The van der Waals surface area contributed by atoms with Crippen LogP contribution in [0, 0.1) is 10.1 Å².